The van der Waals surface area contributed by atoms with E-state index in [2.05, 4.69) is 52.3 Å². The van der Waals surface area contributed by atoms with Crippen LogP contribution in [-0.2, 0) is 13.1 Å². The molecule has 0 amide bonds. The molecule has 1 aliphatic heterocycles. The molecular formula is C19H23N5O. The Kier molecular flexibility index (Phi) is 4.36. The molecule has 2 aromatic heterocycles. The average Bonchev–Trinajstić information content (AvgIpc) is 3.31. The predicted molar refractivity (Wildman–Crippen MR) is 94.9 cm³/mol. The third-order valence-electron chi connectivity index (χ3n) is 4.74. The summed E-state index contributed by atoms with van der Waals surface area (Å²) < 4.78 is 7.50. The van der Waals surface area contributed by atoms with Crippen molar-refractivity contribution in [2.75, 3.05) is 6.54 Å². The van der Waals surface area contributed by atoms with Crippen LogP contribution < -0.4 is 0 Å². The third kappa shape index (κ3) is 3.64. The van der Waals surface area contributed by atoms with E-state index < -0.39 is 0 Å². The number of aromatic nitrogens is 4. The summed E-state index contributed by atoms with van der Waals surface area (Å²) in [4.78, 5) is 7.02. The largest absolute Gasteiger partial charge is 0.334 e. The van der Waals surface area contributed by atoms with Gasteiger partial charge in [0.05, 0.1) is 19.3 Å². The molecule has 0 saturated carbocycles. The normalized spacial score (nSPS) is 18.1. The zero-order chi connectivity index (χ0) is 17.2. The molecule has 3 aromatic rings. The van der Waals surface area contributed by atoms with Gasteiger partial charge in [0.2, 0.25) is 0 Å². The summed E-state index contributed by atoms with van der Waals surface area (Å²) in [5.74, 6) is 1.34. The van der Waals surface area contributed by atoms with Crippen LogP contribution in [0.4, 0.5) is 0 Å². The number of benzene rings is 1. The van der Waals surface area contributed by atoms with Crippen molar-refractivity contribution in [2.45, 2.75) is 45.8 Å². The fourth-order valence-corrected chi connectivity index (χ4v) is 3.49. The lowest BCUT2D eigenvalue weighted by molar-refractivity contribution is 0.211. The van der Waals surface area contributed by atoms with Gasteiger partial charge in [0, 0.05) is 17.8 Å². The van der Waals surface area contributed by atoms with Crippen LogP contribution in [0.25, 0.3) is 11.5 Å². The van der Waals surface area contributed by atoms with Gasteiger partial charge in [-0.05, 0) is 50.9 Å². The summed E-state index contributed by atoms with van der Waals surface area (Å²) in [7, 11) is 0. The molecule has 25 heavy (non-hydrogen) atoms. The monoisotopic (exact) mass is 337 g/mol. The quantitative estimate of drug-likeness (QED) is 0.715. The van der Waals surface area contributed by atoms with Gasteiger partial charge in [0.1, 0.15) is 0 Å². The van der Waals surface area contributed by atoms with Crippen LogP contribution in [0.2, 0.25) is 0 Å². The van der Waals surface area contributed by atoms with Crippen LogP contribution in [0.15, 0.2) is 41.2 Å². The number of hydrogen-bond acceptors (Lipinski definition) is 5. The van der Waals surface area contributed by atoms with Crippen molar-refractivity contribution in [1.82, 2.24) is 24.8 Å². The van der Waals surface area contributed by atoms with Crippen LogP contribution in [0, 0.1) is 13.8 Å². The van der Waals surface area contributed by atoms with Gasteiger partial charge >= 0.3 is 0 Å². The molecule has 1 saturated heterocycles. The Labute approximate surface area is 147 Å². The van der Waals surface area contributed by atoms with Gasteiger partial charge in [0.15, 0.2) is 5.82 Å². The Morgan fingerprint density at radius 1 is 1.24 bits per heavy atom. The fourth-order valence-electron chi connectivity index (χ4n) is 3.49. The molecule has 0 aliphatic carbocycles. The number of nitrogens with zero attached hydrogens (tertiary/aromatic N) is 5. The first-order valence-corrected chi connectivity index (χ1v) is 8.80. The maximum absolute atomic E-state index is 5.47. The fraction of sp³-hybridized carbons (Fsp3) is 0.421. The predicted octanol–water partition coefficient (Wildman–Crippen LogP) is 3.21. The van der Waals surface area contributed by atoms with Crippen molar-refractivity contribution in [2.24, 2.45) is 0 Å². The van der Waals surface area contributed by atoms with E-state index in [4.69, 9.17) is 4.52 Å². The molecule has 0 N–H and O–H groups in total. The first kappa shape index (κ1) is 16.0. The Bertz CT molecular complexity index is 853. The second-order valence-electron chi connectivity index (χ2n) is 6.89. The van der Waals surface area contributed by atoms with E-state index in [1.165, 1.54) is 24.0 Å². The molecule has 1 fully saturated rings. The maximum Gasteiger partial charge on any atom is 0.257 e. The first-order valence-electron chi connectivity index (χ1n) is 8.80. The Hall–Kier alpha value is -2.47. The van der Waals surface area contributed by atoms with Gasteiger partial charge in [-0.15, -0.1) is 0 Å². The van der Waals surface area contributed by atoms with Gasteiger partial charge in [-0.2, -0.15) is 10.1 Å². The highest BCUT2D eigenvalue weighted by atomic mass is 16.5. The smallest absolute Gasteiger partial charge is 0.257 e. The van der Waals surface area contributed by atoms with Gasteiger partial charge in [-0.3, -0.25) is 9.58 Å². The van der Waals surface area contributed by atoms with E-state index in [9.17, 15) is 0 Å². The summed E-state index contributed by atoms with van der Waals surface area (Å²) in [6.07, 6.45) is 6.39. The molecule has 6 nitrogen and oxygen atoms in total. The summed E-state index contributed by atoms with van der Waals surface area (Å²) in [5, 5.41) is 8.59. The Morgan fingerprint density at radius 2 is 2.16 bits per heavy atom. The zero-order valence-electron chi connectivity index (χ0n) is 14.7. The Balaban J connectivity index is 1.44. The number of rotatable bonds is 5. The molecule has 0 spiro atoms. The highest BCUT2D eigenvalue weighted by Crippen LogP contribution is 2.23. The molecule has 3 heterocycles. The number of hydrogen-bond donors (Lipinski definition) is 0. The summed E-state index contributed by atoms with van der Waals surface area (Å²) in [5.41, 5.74) is 3.36. The molecule has 1 aromatic carbocycles. The highest BCUT2D eigenvalue weighted by molar-refractivity contribution is 5.53. The first-order chi connectivity index (χ1) is 12.2. The summed E-state index contributed by atoms with van der Waals surface area (Å²) >= 11 is 0. The summed E-state index contributed by atoms with van der Waals surface area (Å²) in [6.45, 7) is 6.84. The minimum Gasteiger partial charge on any atom is -0.334 e. The van der Waals surface area contributed by atoms with E-state index in [1.807, 2.05) is 23.0 Å². The van der Waals surface area contributed by atoms with Gasteiger partial charge in [0.25, 0.3) is 5.89 Å². The molecule has 6 heteroatoms. The van der Waals surface area contributed by atoms with Crippen molar-refractivity contribution >= 4 is 0 Å². The van der Waals surface area contributed by atoms with Crippen LogP contribution in [0.5, 0.6) is 0 Å². The zero-order valence-corrected chi connectivity index (χ0v) is 14.7. The van der Waals surface area contributed by atoms with Gasteiger partial charge in [-0.25, -0.2) is 0 Å². The molecule has 0 bridgehead atoms. The van der Waals surface area contributed by atoms with Crippen LogP contribution in [0.3, 0.4) is 0 Å². The van der Waals surface area contributed by atoms with E-state index in [0.717, 1.165) is 31.0 Å². The molecule has 1 atom stereocenters. The number of aryl methyl sites for hydroxylation is 2. The van der Waals surface area contributed by atoms with E-state index in [0.29, 0.717) is 11.9 Å². The van der Waals surface area contributed by atoms with Crippen molar-refractivity contribution in [3.63, 3.8) is 0 Å². The van der Waals surface area contributed by atoms with Gasteiger partial charge < -0.3 is 4.52 Å². The lowest BCUT2D eigenvalue weighted by Crippen LogP contribution is -2.33. The molecule has 130 valence electrons. The van der Waals surface area contributed by atoms with Crippen molar-refractivity contribution in [3.8, 4) is 11.5 Å². The average molecular weight is 337 g/mol. The second-order valence-corrected chi connectivity index (χ2v) is 6.89. The minimum absolute atomic E-state index is 0.472. The maximum atomic E-state index is 5.47. The van der Waals surface area contributed by atoms with Crippen LogP contribution >= 0.6 is 0 Å². The van der Waals surface area contributed by atoms with Crippen molar-refractivity contribution < 1.29 is 4.52 Å². The standard InChI is InChI=1S/C19H23N5O/c1-14-5-3-6-16(9-14)19-21-18(22-25-19)13-23-8-4-7-17(23)12-24-11-15(2)10-20-24/h3,5-6,9-11,17H,4,7-8,12-13H2,1-2H3/t17-/m0/s1. The van der Waals surface area contributed by atoms with Crippen LogP contribution in [-0.4, -0.2) is 37.4 Å². The number of likely N-dealkylation sites (tertiary alicyclic amines) is 1. The van der Waals surface area contributed by atoms with E-state index >= 15 is 0 Å². The van der Waals surface area contributed by atoms with Crippen molar-refractivity contribution in [3.05, 3.63) is 53.6 Å². The Morgan fingerprint density at radius 3 is 2.96 bits per heavy atom. The minimum atomic E-state index is 0.472. The SMILES string of the molecule is Cc1cccc(-c2nc(CN3CCC[C@H]3Cn3cc(C)cn3)no2)c1. The molecule has 0 unspecified atom stereocenters. The van der Waals surface area contributed by atoms with Crippen molar-refractivity contribution in [1.29, 1.82) is 0 Å². The lowest BCUT2D eigenvalue weighted by Gasteiger charge is -2.22. The molecular weight excluding hydrogens is 314 g/mol. The highest BCUT2D eigenvalue weighted by Gasteiger charge is 2.26. The molecule has 1 aliphatic rings. The van der Waals surface area contributed by atoms with E-state index in [-0.39, 0.29) is 0 Å². The van der Waals surface area contributed by atoms with E-state index in [1.54, 1.807) is 0 Å². The third-order valence-corrected chi connectivity index (χ3v) is 4.74. The second kappa shape index (κ2) is 6.80. The van der Waals surface area contributed by atoms with Crippen LogP contribution in [0.1, 0.15) is 29.8 Å². The molecule has 0 radical (unpaired) electrons. The summed E-state index contributed by atoms with van der Waals surface area (Å²) in [6, 6.07) is 8.61. The van der Waals surface area contributed by atoms with Gasteiger partial charge in [-0.1, -0.05) is 22.9 Å². The topological polar surface area (TPSA) is 60.0 Å². The molecule has 4 rings (SSSR count). The lowest BCUT2D eigenvalue weighted by atomic mass is 10.1.